The molecule has 2 N–H and O–H groups in total. The monoisotopic (exact) mass is 458 g/mol. The second-order valence-electron chi connectivity index (χ2n) is 6.39. The number of nitrogens with zero attached hydrogens (tertiary/aromatic N) is 1. The second-order valence-corrected chi connectivity index (χ2v) is 7.54. The number of amides is 1. The molecule has 0 aliphatic carbocycles. The number of carbonyl (C=O) groups excluding carboxylic acids is 4. The summed E-state index contributed by atoms with van der Waals surface area (Å²) in [5, 5.41) is 14.5. The topological polar surface area (TPSA) is 131 Å². The summed E-state index contributed by atoms with van der Waals surface area (Å²) in [6.45, 7) is 2.14. The average molecular weight is 458 g/mol. The lowest BCUT2D eigenvalue weighted by molar-refractivity contribution is -0.140. The molecule has 2 rings (SSSR count). The summed E-state index contributed by atoms with van der Waals surface area (Å²) in [4.78, 5) is 52.7. The summed E-state index contributed by atoms with van der Waals surface area (Å²) in [5.41, 5.74) is 0.769. The Labute approximate surface area is 188 Å². The molecule has 0 atom stereocenters. The summed E-state index contributed by atoms with van der Waals surface area (Å²) in [6.07, 6.45) is 0. The van der Waals surface area contributed by atoms with Gasteiger partial charge in [-0.1, -0.05) is 16.9 Å². The number of esters is 1. The van der Waals surface area contributed by atoms with Gasteiger partial charge in [0.1, 0.15) is 5.71 Å². The minimum Gasteiger partial charge on any atom is -0.452 e. The van der Waals surface area contributed by atoms with Crippen LogP contribution in [0.15, 0.2) is 63.5 Å². The maximum absolute atomic E-state index is 12.3. The third kappa shape index (κ3) is 7.97. The van der Waals surface area contributed by atoms with Gasteiger partial charge in [-0.25, -0.2) is 9.59 Å². The highest BCUT2D eigenvalue weighted by Gasteiger charge is 2.12. The predicted octanol–water partition coefficient (Wildman–Crippen LogP) is 2.22. The van der Waals surface area contributed by atoms with Crippen LogP contribution < -0.4 is 5.32 Å². The molecule has 32 heavy (non-hydrogen) atoms. The molecule has 0 aliphatic heterocycles. The van der Waals surface area contributed by atoms with Crippen LogP contribution >= 0.6 is 11.8 Å². The summed E-state index contributed by atoms with van der Waals surface area (Å²) in [7, 11) is 0. The molecule has 0 unspecified atom stereocenters. The summed E-state index contributed by atoms with van der Waals surface area (Å²) in [6, 6.07) is 13.5. The van der Waals surface area contributed by atoms with Crippen molar-refractivity contribution in [1.29, 1.82) is 0 Å². The van der Waals surface area contributed by atoms with Crippen molar-refractivity contribution in [2.75, 3.05) is 19.8 Å². The number of ketones is 1. The van der Waals surface area contributed by atoms with E-state index in [0.717, 1.165) is 9.79 Å². The molecule has 0 aromatic heterocycles. The Balaban J connectivity index is 1.92. The fraction of sp³-hybridized carbons (Fsp3) is 0.227. The number of hydrogen-bond donors (Lipinski definition) is 2. The number of Topliss-reactive ketones (excluding diaryl/α,β-unsaturated/α-hetero) is 1. The van der Waals surface area contributed by atoms with E-state index in [9.17, 15) is 19.2 Å². The molecule has 9 nitrogen and oxygen atoms in total. The Kier molecular flexibility index (Phi) is 9.58. The zero-order valence-electron chi connectivity index (χ0n) is 17.5. The number of carbonyl (C=O) groups is 4. The minimum absolute atomic E-state index is 0.0638. The van der Waals surface area contributed by atoms with Crippen molar-refractivity contribution in [2.24, 2.45) is 5.16 Å². The lowest BCUT2D eigenvalue weighted by Crippen LogP contribution is -2.30. The van der Waals surface area contributed by atoms with Crippen LogP contribution in [0.25, 0.3) is 0 Å². The molecule has 168 valence electrons. The molecule has 2 aromatic rings. The third-order valence-corrected chi connectivity index (χ3v) is 4.87. The quantitative estimate of drug-likeness (QED) is 0.182. The van der Waals surface area contributed by atoms with E-state index in [2.05, 4.69) is 15.3 Å². The summed E-state index contributed by atoms with van der Waals surface area (Å²) < 4.78 is 4.92. The van der Waals surface area contributed by atoms with E-state index in [1.54, 1.807) is 48.5 Å². The Morgan fingerprint density at radius 3 is 2.03 bits per heavy atom. The van der Waals surface area contributed by atoms with E-state index in [4.69, 9.17) is 9.84 Å². The van der Waals surface area contributed by atoms with E-state index in [1.165, 1.54) is 25.6 Å². The fourth-order valence-electron chi connectivity index (χ4n) is 2.31. The van der Waals surface area contributed by atoms with Gasteiger partial charge in [-0.2, -0.15) is 0 Å². The first kappa shape index (κ1) is 24.8. The molecule has 0 aliphatic rings. The molecule has 0 saturated carbocycles. The van der Waals surface area contributed by atoms with Crippen LogP contribution in [0.4, 0.5) is 0 Å². The molecular weight excluding hydrogens is 436 g/mol. The maximum atomic E-state index is 12.3. The molecule has 0 bridgehead atoms. The lowest BCUT2D eigenvalue weighted by Gasteiger charge is -2.07. The highest BCUT2D eigenvalue weighted by Crippen LogP contribution is 2.28. The van der Waals surface area contributed by atoms with Gasteiger partial charge >= 0.3 is 11.9 Å². The number of rotatable bonds is 10. The minimum atomic E-state index is -0.630. The summed E-state index contributed by atoms with van der Waals surface area (Å²) >= 11 is 1.43. The Hall–Kier alpha value is -3.50. The second kappa shape index (κ2) is 12.4. The van der Waals surface area contributed by atoms with Crippen molar-refractivity contribution in [3.8, 4) is 0 Å². The van der Waals surface area contributed by atoms with Crippen LogP contribution in [-0.2, 0) is 19.2 Å². The molecule has 0 heterocycles. The van der Waals surface area contributed by atoms with Crippen molar-refractivity contribution in [1.82, 2.24) is 5.32 Å². The highest BCUT2D eigenvalue weighted by atomic mass is 32.2. The van der Waals surface area contributed by atoms with Gasteiger partial charge in [0.05, 0.1) is 12.2 Å². The van der Waals surface area contributed by atoms with Gasteiger partial charge in [-0.15, -0.1) is 0 Å². The molecule has 0 fully saturated rings. The fourth-order valence-corrected chi connectivity index (χ4v) is 3.13. The van der Waals surface area contributed by atoms with E-state index in [0.29, 0.717) is 11.1 Å². The number of oxime groups is 1. The third-order valence-electron chi connectivity index (χ3n) is 3.85. The normalized spacial score (nSPS) is 10.9. The highest BCUT2D eigenvalue weighted by molar-refractivity contribution is 7.99. The first-order chi connectivity index (χ1) is 15.3. The van der Waals surface area contributed by atoms with Gasteiger partial charge in [-0.05, 0) is 55.5 Å². The van der Waals surface area contributed by atoms with Crippen LogP contribution in [0.5, 0.6) is 0 Å². The summed E-state index contributed by atoms with van der Waals surface area (Å²) in [5.74, 6) is -2.08. The van der Waals surface area contributed by atoms with Gasteiger partial charge < -0.3 is 20.0 Å². The predicted molar refractivity (Wildman–Crippen MR) is 117 cm³/mol. The van der Waals surface area contributed by atoms with E-state index >= 15 is 0 Å². The van der Waals surface area contributed by atoms with Crippen LogP contribution in [-0.4, -0.2) is 54.2 Å². The van der Waals surface area contributed by atoms with Crippen molar-refractivity contribution in [3.05, 3.63) is 59.7 Å². The smallest absolute Gasteiger partial charge is 0.338 e. The van der Waals surface area contributed by atoms with Crippen molar-refractivity contribution in [3.63, 3.8) is 0 Å². The van der Waals surface area contributed by atoms with Gasteiger partial charge in [0.2, 0.25) is 5.78 Å². The zero-order valence-corrected chi connectivity index (χ0v) is 18.3. The Morgan fingerprint density at radius 2 is 1.50 bits per heavy atom. The van der Waals surface area contributed by atoms with E-state index in [1.807, 2.05) is 0 Å². The van der Waals surface area contributed by atoms with Gasteiger partial charge in [-0.3, -0.25) is 9.59 Å². The number of nitrogens with one attached hydrogen (secondary N) is 1. The number of ether oxygens (including phenoxy) is 1. The molecule has 0 spiro atoms. The standard InChI is InChI=1S/C22H22N2O7S/c1-14(24-31-15(2)26)21(28)16-3-7-18(8-4-16)32-19-9-5-17(6-10-19)22(29)30-13-20(27)23-11-12-25/h3-10,25H,11-13H2,1-2H3,(H,23,27)/b24-14+. The first-order valence-electron chi connectivity index (χ1n) is 9.49. The average Bonchev–Trinajstić information content (AvgIpc) is 2.80. The van der Waals surface area contributed by atoms with E-state index < -0.39 is 24.5 Å². The Bertz CT molecular complexity index is 1000. The SMILES string of the molecule is CC(=O)O/N=C(\C)C(=O)c1ccc(Sc2ccc(C(=O)OCC(=O)NCCO)cc2)cc1. The van der Waals surface area contributed by atoms with Crippen LogP contribution in [0, 0.1) is 0 Å². The van der Waals surface area contributed by atoms with Crippen molar-refractivity contribution < 1.29 is 33.9 Å². The van der Waals surface area contributed by atoms with Crippen LogP contribution in [0.1, 0.15) is 34.6 Å². The van der Waals surface area contributed by atoms with Crippen molar-refractivity contribution >= 4 is 41.1 Å². The molecule has 1 amide bonds. The number of aliphatic hydroxyl groups excluding tert-OH is 1. The Morgan fingerprint density at radius 1 is 0.938 bits per heavy atom. The van der Waals surface area contributed by atoms with Crippen LogP contribution in [0.2, 0.25) is 0 Å². The van der Waals surface area contributed by atoms with Crippen LogP contribution in [0.3, 0.4) is 0 Å². The molecule has 0 radical (unpaired) electrons. The lowest BCUT2D eigenvalue weighted by atomic mass is 10.1. The molecule has 0 saturated heterocycles. The maximum Gasteiger partial charge on any atom is 0.338 e. The molecule has 2 aromatic carbocycles. The van der Waals surface area contributed by atoms with Gasteiger partial charge in [0.25, 0.3) is 5.91 Å². The van der Waals surface area contributed by atoms with Gasteiger partial charge in [0.15, 0.2) is 6.61 Å². The van der Waals surface area contributed by atoms with E-state index in [-0.39, 0.29) is 24.6 Å². The first-order valence-corrected chi connectivity index (χ1v) is 10.3. The number of hydrogen-bond acceptors (Lipinski definition) is 9. The number of benzene rings is 2. The molecule has 10 heteroatoms. The van der Waals surface area contributed by atoms with Gasteiger partial charge in [0, 0.05) is 28.8 Å². The molecular formula is C22H22N2O7S. The van der Waals surface area contributed by atoms with Crippen molar-refractivity contribution in [2.45, 2.75) is 23.6 Å². The number of aliphatic hydroxyl groups is 1. The largest absolute Gasteiger partial charge is 0.452 e. The zero-order chi connectivity index (χ0) is 23.5.